The number of nitrogens with zero attached hydrogens (tertiary/aromatic N) is 5. The summed E-state index contributed by atoms with van der Waals surface area (Å²) in [6.45, 7) is -0.0116. The number of nitrogen functional groups attached to an aromatic ring is 2. The highest BCUT2D eigenvalue weighted by Gasteiger charge is 2.44. The lowest BCUT2D eigenvalue weighted by Crippen LogP contribution is -2.34. The maximum atomic E-state index is 10.6. The molecule has 162 valence electrons. The van der Waals surface area contributed by atoms with Crippen molar-refractivity contribution in [2.45, 2.75) is 24.5 Å². The summed E-state index contributed by atoms with van der Waals surface area (Å²) in [5.41, 5.74) is 13.6. The third kappa shape index (κ3) is 3.14. The van der Waals surface area contributed by atoms with Gasteiger partial charge in [-0.15, -0.1) is 0 Å². The Kier molecular flexibility index (Phi) is 4.75. The molecular formula is C21H19N7O4. The molecule has 4 aromatic rings. The highest BCUT2D eigenvalue weighted by atomic mass is 16.6. The molecule has 4 atom stereocenters. The summed E-state index contributed by atoms with van der Waals surface area (Å²) in [4.78, 5) is 12.4. The van der Waals surface area contributed by atoms with E-state index in [1.54, 1.807) is 35.0 Å². The van der Waals surface area contributed by atoms with E-state index in [1.165, 1.54) is 12.5 Å². The summed E-state index contributed by atoms with van der Waals surface area (Å²) in [6, 6.07) is 8.81. The van der Waals surface area contributed by atoms with Crippen molar-refractivity contribution >= 4 is 33.4 Å². The average molecular weight is 433 g/mol. The van der Waals surface area contributed by atoms with Gasteiger partial charge >= 0.3 is 0 Å². The van der Waals surface area contributed by atoms with Crippen LogP contribution >= 0.6 is 0 Å². The molecule has 11 nitrogen and oxygen atoms in total. The predicted molar refractivity (Wildman–Crippen MR) is 114 cm³/mol. The van der Waals surface area contributed by atoms with E-state index < -0.39 is 24.5 Å². The topological polar surface area (TPSA) is 178 Å². The van der Waals surface area contributed by atoms with E-state index in [1.807, 2.05) is 6.07 Å². The van der Waals surface area contributed by atoms with Gasteiger partial charge in [-0.25, -0.2) is 9.97 Å². The summed E-state index contributed by atoms with van der Waals surface area (Å²) in [5.74, 6) is 0.795. The van der Waals surface area contributed by atoms with E-state index in [0.29, 0.717) is 44.8 Å². The third-order valence-corrected chi connectivity index (χ3v) is 5.57. The van der Waals surface area contributed by atoms with E-state index in [9.17, 15) is 10.2 Å². The number of nitriles is 1. The Labute approximate surface area is 181 Å². The van der Waals surface area contributed by atoms with E-state index >= 15 is 0 Å². The molecule has 1 aliphatic rings. The van der Waals surface area contributed by atoms with Gasteiger partial charge in [-0.3, -0.25) is 4.98 Å². The van der Waals surface area contributed by atoms with Crippen molar-refractivity contribution in [2.24, 2.45) is 0 Å². The third-order valence-electron chi connectivity index (χ3n) is 5.57. The first-order valence-electron chi connectivity index (χ1n) is 9.77. The number of benzene rings is 1. The Balaban J connectivity index is 1.34. The van der Waals surface area contributed by atoms with Crippen LogP contribution in [0.5, 0.6) is 5.75 Å². The molecule has 0 unspecified atom stereocenters. The molecule has 4 heterocycles. The van der Waals surface area contributed by atoms with Crippen LogP contribution in [0.15, 0.2) is 43.0 Å². The summed E-state index contributed by atoms with van der Waals surface area (Å²) in [7, 11) is 0. The minimum absolute atomic E-state index is 0.0116. The second-order valence-corrected chi connectivity index (χ2v) is 7.45. The lowest BCUT2D eigenvalue weighted by Gasteiger charge is -2.17. The number of anilines is 2. The molecule has 0 spiro atoms. The Morgan fingerprint density at radius 1 is 1.12 bits per heavy atom. The van der Waals surface area contributed by atoms with Gasteiger partial charge in [0, 0.05) is 23.8 Å². The standard InChI is InChI=1S/C21H19N7O4/c22-6-10-7-25-14-5-11(1-2-12(14)16(10)23)31-8-15-17(29)18(30)21(32-15)28-4-3-13-19(24)26-9-27-20(13)28/h1-5,7,9,15,17-18,21,29-30H,8H2,(H2,23,25)(H2,24,26,27)/t15-,17-,18-,21-/m1/s1. The van der Waals surface area contributed by atoms with E-state index in [4.69, 9.17) is 26.2 Å². The number of hydrogen-bond donors (Lipinski definition) is 4. The molecule has 1 fully saturated rings. The first-order valence-corrected chi connectivity index (χ1v) is 9.77. The van der Waals surface area contributed by atoms with Crippen molar-refractivity contribution in [3.8, 4) is 11.8 Å². The van der Waals surface area contributed by atoms with Crippen LogP contribution in [0.1, 0.15) is 11.8 Å². The van der Waals surface area contributed by atoms with Gasteiger partial charge in [-0.05, 0) is 18.2 Å². The van der Waals surface area contributed by atoms with Crippen molar-refractivity contribution in [1.82, 2.24) is 19.5 Å². The second-order valence-electron chi connectivity index (χ2n) is 7.45. The molecule has 1 aromatic carbocycles. The summed E-state index contributed by atoms with van der Waals surface area (Å²) < 4.78 is 13.3. The maximum absolute atomic E-state index is 10.6. The van der Waals surface area contributed by atoms with Gasteiger partial charge in [0.25, 0.3) is 0 Å². The lowest BCUT2D eigenvalue weighted by molar-refractivity contribution is -0.0471. The lowest BCUT2D eigenvalue weighted by atomic mass is 10.1. The van der Waals surface area contributed by atoms with E-state index in [-0.39, 0.29) is 6.61 Å². The maximum Gasteiger partial charge on any atom is 0.164 e. The molecule has 11 heteroatoms. The number of pyridine rings is 1. The van der Waals surface area contributed by atoms with Crippen LogP contribution in [0.2, 0.25) is 0 Å². The molecule has 0 radical (unpaired) electrons. The molecule has 0 amide bonds. The average Bonchev–Trinajstić information content (AvgIpc) is 3.35. The van der Waals surface area contributed by atoms with Crippen molar-refractivity contribution in [2.75, 3.05) is 18.1 Å². The van der Waals surface area contributed by atoms with Gasteiger partial charge in [0.1, 0.15) is 54.5 Å². The number of ether oxygens (including phenoxy) is 2. The first-order chi connectivity index (χ1) is 15.5. The van der Waals surface area contributed by atoms with E-state index in [2.05, 4.69) is 15.0 Å². The smallest absolute Gasteiger partial charge is 0.164 e. The second kappa shape index (κ2) is 7.61. The molecule has 3 aromatic heterocycles. The Hall–Kier alpha value is -3.98. The summed E-state index contributed by atoms with van der Waals surface area (Å²) in [6.07, 6.45) is 0.376. The molecule has 0 bridgehead atoms. The zero-order valence-electron chi connectivity index (χ0n) is 16.7. The predicted octanol–water partition coefficient (Wildman–Crippen LogP) is 0.714. The van der Waals surface area contributed by atoms with E-state index in [0.717, 1.165) is 0 Å². The number of fused-ring (bicyclic) bond motifs is 2. The first kappa shape index (κ1) is 20.0. The van der Waals surface area contributed by atoms with Crippen LogP contribution in [-0.4, -0.2) is 54.7 Å². The molecule has 1 aliphatic heterocycles. The van der Waals surface area contributed by atoms with Crippen LogP contribution < -0.4 is 16.2 Å². The largest absolute Gasteiger partial charge is 0.491 e. The van der Waals surface area contributed by atoms with Gasteiger partial charge in [0.05, 0.1) is 22.2 Å². The molecule has 1 saturated heterocycles. The van der Waals surface area contributed by atoms with Gasteiger partial charge in [-0.2, -0.15) is 5.26 Å². The minimum Gasteiger partial charge on any atom is -0.491 e. The van der Waals surface area contributed by atoms with Crippen LogP contribution in [0.25, 0.3) is 21.9 Å². The minimum atomic E-state index is -1.20. The number of rotatable bonds is 4. The van der Waals surface area contributed by atoms with Gasteiger partial charge in [0.15, 0.2) is 6.23 Å². The van der Waals surface area contributed by atoms with Crippen LogP contribution in [0.3, 0.4) is 0 Å². The highest BCUT2D eigenvalue weighted by Crippen LogP contribution is 2.33. The molecular weight excluding hydrogens is 414 g/mol. The Morgan fingerprint density at radius 2 is 1.97 bits per heavy atom. The summed E-state index contributed by atoms with van der Waals surface area (Å²) >= 11 is 0. The van der Waals surface area contributed by atoms with Crippen molar-refractivity contribution < 1.29 is 19.7 Å². The number of aromatic nitrogens is 4. The number of hydrogen-bond acceptors (Lipinski definition) is 10. The normalized spacial score (nSPS) is 22.9. The molecule has 32 heavy (non-hydrogen) atoms. The fourth-order valence-electron chi connectivity index (χ4n) is 3.84. The van der Waals surface area contributed by atoms with Crippen molar-refractivity contribution in [3.63, 3.8) is 0 Å². The van der Waals surface area contributed by atoms with Crippen molar-refractivity contribution in [3.05, 3.63) is 48.5 Å². The number of nitrogens with two attached hydrogens (primary N) is 2. The SMILES string of the molecule is N#Cc1cnc2cc(OC[C@H]3O[C@@H](n4ccc5c(N)ncnc54)[C@H](O)[C@@H]3O)ccc2c1N. The quantitative estimate of drug-likeness (QED) is 0.358. The van der Waals surface area contributed by atoms with Gasteiger partial charge < -0.3 is 35.7 Å². The molecule has 5 rings (SSSR count). The summed E-state index contributed by atoms with van der Waals surface area (Å²) in [5, 5.41) is 31.4. The fourth-order valence-corrected chi connectivity index (χ4v) is 3.84. The van der Waals surface area contributed by atoms with Crippen LogP contribution in [0, 0.1) is 11.3 Å². The monoisotopic (exact) mass is 433 g/mol. The molecule has 0 aliphatic carbocycles. The fraction of sp³-hybridized carbons (Fsp3) is 0.238. The zero-order valence-corrected chi connectivity index (χ0v) is 16.7. The van der Waals surface area contributed by atoms with Crippen LogP contribution in [0.4, 0.5) is 11.5 Å². The zero-order chi connectivity index (χ0) is 22.4. The van der Waals surface area contributed by atoms with Gasteiger partial charge in [0.2, 0.25) is 0 Å². The number of aliphatic hydroxyl groups is 2. The van der Waals surface area contributed by atoms with Crippen LogP contribution in [-0.2, 0) is 4.74 Å². The Bertz CT molecular complexity index is 1370. The Morgan fingerprint density at radius 3 is 2.78 bits per heavy atom. The highest BCUT2D eigenvalue weighted by molar-refractivity contribution is 5.93. The molecule has 6 N–H and O–H groups in total. The van der Waals surface area contributed by atoms with Crippen molar-refractivity contribution in [1.29, 1.82) is 5.26 Å². The van der Waals surface area contributed by atoms with Gasteiger partial charge in [-0.1, -0.05) is 0 Å². The molecule has 0 saturated carbocycles. The number of aliphatic hydroxyl groups excluding tert-OH is 2.